The van der Waals surface area contributed by atoms with E-state index in [1.165, 1.54) is 32.3 Å². The van der Waals surface area contributed by atoms with Crippen LogP contribution in [0.15, 0.2) is 35.4 Å². The fourth-order valence-corrected chi connectivity index (χ4v) is 6.01. The van der Waals surface area contributed by atoms with Crippen molar-refractivity contribution >= 4 is 28.2 Å². The first-order valence-electron chi connectivity index (χ1n) is 10.9. The van der Waals surface area contributed by atoms with Crippen molar-refractivity contribution in [2.75, 3.05) is 37.9 Å². The van der Waals surface area contributed by atoms with Gasteiger partial charge in [-0.15, -0.1) is 10.8 Å². The number of benzene rings is 2. The Morgan fingerprint density at radius 2 is 1.94 bits per heavy atom. The summed E-state index contributed by atoms with van der Waals surface area (Å²) in [6.45, 7) is 2.34. The number of carbonyl (C=O) groups excluding carboxylic acids is 1. The third-order valence-corrected chi connectivity index (χ3v) is 8.00. The Labute approximate surface area is 199 Å². The van der Waals surface area contributed by atoms with Crippen LogP contribution in [0, 0.1) is 5.82 Å². The van der Waals surface area contributed by atoms with Crippen LogP contribution >= 0.6 is 10.8 Å². The van der Waals surface area contributed by atoms with Crippen LogP contribution in [0.1, 0.15) is 30.0 Å². The molecule has 2 aromatic rings. The number of hydrogen-bond donors (Lipinski definition) is 3. The van der Waals surface area contributed by atoms with E-state index in [2.05, 4.69) is 10.4 Å². The maximum Gasteiger partial charge on any atom is 0.337 e. The minimum absolute atomic E-state index is 0.217. The molecule has 2 aromatic carbocycles. The van der Waals surface area contributed by atoms with E-state index in [-0.39, 0.29) is 12.2 Å². The SMILES string of the molecule is CNC(=O)N1N=C(c2ccc(N3CCCS3(O)O)cc2)c2c(c(F)cc(OC)c2OC)CC1C. The summed E-state index contributed by atoms with van der Waals surface area (Å²) in [6, 6.07) is 7.48. The van der Waals surface area contributed by atoms with Crippen LogP contribution < -0.4 is 19.1 Å². The normalized spacial score (nSPS) is 20.2. The number of carbonyl (C=O) groups is 1. The molecule has 184 valence electrons. The zero-order chi connectivity index (χ0) is 24.6. The van der Waals surface area contributed by atoms with Gasteiger partial charge in [0.15, 0.2) is 11.5 Å². The molecule has 0 bridgehead atoms. The van der Waals surface area contributed by atoms with Crippen LogP contribution in [-0.4, -0.2) is 65.5 Å². The van der Waals surface area contributed by atoms with Crippen molar-refractivity contribution in [2.24, 2.45) is 5.10 Å². The Morgan fingerprint density at radius 1 is 1.24 bits per heavy atom. The number of fused-ring (bicyclic) bond motifs is 1. The van der Waals surface area contributed by atoms with Crippen molar-refractivity contribution in [3.05, 3.63) is 52.8 Å². The van der Waals surface area contributed by atoms with Crippen LogP contribution in [0.5, 0.6) is 11.5 Å². The van der Waals surface area contributed by atoms with Gasteiger partial charge < -0.3 is 14.8 Å². The molecule has 0 spiro atoms. The summed E-state index contributed by atoms with van der Waals surface area (Å²) in [5, 5.41) is 8.53. The lowest BCUT2D eigenvalue weighted by Crippen LogP contribution is -2.41. The average molecular weight is 493 g/mol. The number of ether oxygens (including phenoxy) is 2. The number of urea groups is 1. The van der Waals surface area contributed by atoms with Crippen LogP contribution in [-0.2, 0) is 6.42 Å². The second kappa shape index (κ2) is 9.32. The quantitative estimate of drug-likeness (QED) is 0.594. The molecule has 1 atom stereocenters. The van der Waals surface area contributed by atoms with Gasteiger partial charge in [-0.1, -0.05) is 12.1 Å². The average Bonchev–Trinajstić information content (AvgIpc) is 3.10. The lowest BCUT2D eigenvalue weighted by molar-refractivity contribution is 0.184. The van der Waals surface area contributed by atoms with Crippen molar-refractivity contribution in [2.45, 2.75) is 25.8 Å². The molecule has 1 fully saturated rings. The molecule has 3 N–H and O–H groups in total. The molecule has 0 aromatic heterocycles. The summed E-state index contributed by atoms with van der Waals surface area (Å²) < 4.78 is 48.5. The molecule has 11 heteroatoms. The van der Waals surface area contributed by atoms with Crippen molar-refractivity contribution in [3.8, 4) is 11.5 Å². The fraction of sp³-hybridized carbons (Fsp3) is 0.391. The molecule has 0 saturated carbocycles. The van der Waals surface area contributed by atoms with Gasteiger partial charge in [-0.2, -0.15) is 5.10 Å². The molecular weight excluding hydrogens is 463 g/mol. The van der Waals surface area contributed by atoms with Gasteiger partial charge in [0.05, 0.1) is 37.3 Å². The number of amides is 2. The molecule has 2 amide bonds. The molecule has 2 aliphatic rings. The molecule has 2 aliphatic heterocycles. The number of rotatable bonds is 4. The highest BCUT2D eigenvalue weighted by atomic mass is 32.3. The second-order valence-corrected chi connectivity index (χ2v) is 10.3. The topological polar surface area (TPSA) is 107 Å². The molecule has 0 aliphatic carbocycles. The van der Waals surface area contributed by atoms with Gasteiger partial charge in [0.2, 0.25) is 0 Å². The Kier molecular flexibility index (Phi) is 6.61. The standard InChI is InChI=1S/C23H29FN4O5S/c1-14-12-17-18(24)13-19(32-3)22(33-4)20(17)21(26-28(14)23(29)25-2)15-6-8-16(9-7-15)27-10-5-11-34(27,30)31/h6-9,13-14,30-31H,5,10-12H2,1-4H3,(H,25,29). The van der Waals surface area contributed by atoms with Gasteiger partial charge in [-0.25, -0.2) is 14.2 Å². The Balaban J connectivity index is 1.90. The van der Waals surface area contributed by atoms with E-state index in [1.54, 1.807) is 35.5 Å². The second-order valence-electron chi connectivity index (χ2n) is 8.19. The van der Waals surface area contributed by atoms with E-state index in [0.29, 0.717) is 52.6 Å². The first kappa shape index (κ1) is 24.1. The van der Waals surface area contributed by atoms with Gasteiger partial charge in [0.1, 0.15) is 11.5 Å². The highest BCUT2D eigenvalue weighted by molar-refractivity contribution is 8.25. The molecule has 0 radical (unpaired) electrons. The van der Waals surface area contributed by atoms with E-state index in [0.717, 1.165) is 0 Å². The number of anilines is 1. The Bertz CT molecular complexity index is 1130. The van der Waals surface area contributed by atoms with Gasteiger partial charge in [-0.05, 0) is 31.9 Å². The van der Waals surface area contributed by atoms with E-state index >= 15 is 4.39 Å². The minimum atomic E-state index is -2.83. The summed E-state index contributed by atoms with van der Waals surface area (Å²) in [4.78, 5) is 12.6. The maximum atomic E-state index is 15.3. The molecule has 34 heavy (non-hydrogen) atoms. The van der Waals surface area contributed by atoms with Crippen LogP contribution in [0.25, 0.3) is 0 Å². The van der Waals surface area contributed by atoms with E-state index in [9.17, 15) is 13.9 Å². The van der Waals surface area contributed by atoms with Crippen molar-refractivity contribution in [1.82, 2.24) is 10.3 Å². The largest absolute Gasteiger partial charge is 0.493 e. The highest BCUT2D eigenvalue weighted by Gasteiger charge is 2.33. The third kappa shape index (κ3) is 4.15. The first-order chi connectivity index (χ1) is 16.2. The summed E-state index contributed by atoms with van der Waals surface area (Å²) >= 11 is 0. The minimum Gasteiger partial charge on any atom is -0.493 e. The Hall–Kier alpha value is -3.02. The number of methoxy groups -OCH3 is 2. The molecule has 4 rings (SSSR count). The van der Waals surface area contributed by atoms with E-state index < -0.39 is 28.7 Å². The van der Waals surface area contributed by atoms with E-state index in [4.69, 9.17) is 9.47 Å². The number of nitrogens with one attached hydrogen (secondary N) is 1. The Morgan fingerprint density at radius 3 is 2.50 bits per heavy atom. The summed E-state index contributed by atoms with van der Waals surface area (Å²) in [7, 11) is 1.58. The highest BCUT2D eigenvalue weighted by Crippen LogP contribution is 2.51. The number of nitrogens with zero attached hydrogens (tertiary/aromatic N) is 3. The molecular formula is C23H29FN4O5S. The van der Waals surface area contributed by atoms with Crippen molar-refractivity contribution in [3.63, 3.8) is 0 Å². The fourth-order valence-electron chi connectivity index (χ4n) is 4.39. The van der Waals surface area contributed by atoms with Gasteiger partial charge in [-0.3, -0.25) is 13.4 Å². The summed E-state index contributed by atoms with van der Waals surface area (Å²) in [5.41, 5.74) is 2.40. The summed E-state index contributed by atoms with van der Waals surface area (Å²) in [6.07, 6.45) is 0.911. The van der Waals surface area contributed by atoms with Gasteiger partial charge in [0, 0.05) is 30.8 Å². The van der Waals surface area contributed by atoms with Crippen LogP contribution in [0.2, 0.25) is 0 Å². The smallest absolute Gasteiger partial charge is 0.337 e. The zero-order valence-corrected chi connectivity index (χ0v) is 20.4. The van der Waals surface area contributed by atoms with Crippen LogP contribution in [0.4, 0.5) is 14.9 Å². The lowest BCUT2D eigenvalue weighted by atomic mass is 9.92. The predicted molar refractivity (Wildman–Crippen MR) is 131 cm³/mol. The predicted octanol–water partition coefficient (Wildman–Crippen LogP) is 4.06. The van der Waals surface area contributed by atoms with Crippen molar-refractivity contribution in [1.29, 1.82) is 0 Å². The zero-order valence-electron chi connectivity index (χ0n) is 19.5. The van der Waals surface area contributed by atoms with Crippen molar-refractivity contribution < 1.29 is 27.8 Å². The molecule has 1 saturated heterocycles. The number of halogens is 1. The first-order valence-corrected chi connectivity index (χ1v) is 12.6. The lowest BCUT2D eigenvalue weighted by Gasteiger charge is -2.38. The van der Waals surface area contributed by atoms with Crippen LogP contribution in [0.3, 0.4) is 0 Å². The molecule has 9 nitrogen and oxygen atoms in total. The number of hydrazone groups is 1. The van der Waals surface area contributed by atoms with E-state index in [1.807, 2.05) is 0 Å². The van der Waals surface area contributed by atoms with Gasteiger partial charge in [0.25, 0.3) is 0 Å². The monoisotopic (exact) mass is 492 g/mol. The van der Waals surface area contributed by atoms with Gasteiger partial charge >= 0.3 is 6.03 Å². The number of hydrogen-bond acceptors (Lipinski definition) is 7. The summed E-state index contributed by atoms with van der Waals surface area (Å²) in [5.74, 6) is 0.398. The molecule has 1 unspecified atom stereocenters. The third-order valence-electron chi connectivity index (χ3n) is 6.07. The molecule has 2 heterocycles. The maximum absolute atomic E-state index is 15.3.